The predicted octanol–water partition coefficient (Wildman–Crippen LogP) is 1.37. The van der Waals surface area contributed by atoms with E-state index in [1.807, 2.05) is 0 Å². The Morgan fingerprint density at radius 3 is 2.57 bits per heavy atom. The van der Waals surface area contributed by atoms with Crippen LogP contribution in [-0.4, -0.2) is 41.5 Å². The molecule has 0 radical (unpaired) electrons. The first kappa shape index (κ1) is 17.3. The van der Waals surface area contributed by atoms with Crippen LogP contribution in [0.5, 0.6) is 0 Å². The number of benzene rings is 1. The zero-order valence-corrected chi connectivity index (χ0v) is 12.9. The molecule has 1 aromatic carbocycles. The number of carbonyl (C=O) groups is 2. The van der Waals surface area contributed by atoms with Crippen molar-refractivity contribution < 1.29 is 23.5 Å². The molecular weight excluding hydrogens is 306 g/mol. The molecule has 0 aromatic heterocycles. The van der Waals surface area contributed by atoms with E-state index in [2.05, 4.69) is 5.32 Å². The molecule has 2 atom stereocenters. The average molecular weight is 326 g/mol. The van der Waals surface area contributed by atoms with E-state index in [0.717, 1.165) is 12.1 Å². The van der Waals surface area contributed by atoms with Crippen molar-refractivity contribution in [1.82, 2.24) is 10.2 Å². The molecule has 2 N–H and O–H groups in total. The van der Waals surface area contributed by atoms with E-state index in [9.17, 15) is 18.4 Å². The van der Waals surface area contributed by atoms with Gasteiger partial charge in [0, 0.05) is 38.1 Å². The second-order valence-electron chi connectivity index (χ2n) is 5.77. The Morgan fingerprint density at radius 2 is 2.04 bits per heavy atom. The molecule has 0 saturated carbocycles. The SMILES string of the molecule is CC(=O)NC(CC(=O)N1CCC(CO)C1)c1c(F)cccc1F. The number of hydrogen-bond acceptors (Lipinski definition) is 3. The maximum Gasteiger partial charge on any atom is 0.225 e. The molecule has 23 heavy (non-hydrogen) atoms. The number of hydrogen-bond donors (Lipinski definition) is 2. The number of aliphatic hydroxyl groups is 1. The third-order valence-electron chi connectivity index (χ3n) is 4.00. The zero-order chi connectivity index (χ0) is 17.0. The Hall–Kier alpha value is -2.02. The third-order valence-corrected chi connectivity index (χ3v) is 4.00. The summed E-state index contributed by atoms with van der Waals surface area (Å²) in [5.74, 6) is -2.34. The number of amides is 2. The van der Waals surface area contributed by atoms with Gasteiger partial charge in [0.2, 0.25) is 11.8 Å². The summed E-state index contributed by atoms with van der Waals surface area (Å²) in [6.07, 6.45) is 0.469. The van der Waals surface area contributed by atoms with Crippen molar-refractivity contribution in [2.24, 2.45) is 5.92 Å². The highest BCUT2D eigenvalue weighted by Gasteiger charge is 2.30. The number of halogens is 2. The maximum atomic E-state index is 13.9. The highest BCUT2D eigenvalue weighted by molar-refractivity contribution is 5.79. The first-order chi connectivity index (χ1) is 10.9. The standard InChI is InChI=1S/C16H20F2N2O3/c1-10(22)19-14(16-12(17)3-2-4-13(16)18)7-15(23)20-6-5-11(8-20)9-21/h2-4,11,14,21H,5-9H2,1H3,(H,19,22). The van der Waals surface area contributed by atoms with Gasteiger partial charge in [0.05, 0.1) is 12.5 Å². The minimum atomic E-state index is -1.06. The molecule has 1 aliphatic rings. The molecule has 0 aliphatic carbocycles. The van der Waals surface area contributed by atoms with Gasteiger partial charge in [0.25, 0.3) is 0 Å². The number of likely N-dealkylation sites (tertiary alicyclic amines) is 1. The Bertz CT molecular complexity index is 574. The van der Waals surface area contributed by atoms with Crippen molar-refractivity contribution in [3.63, 3.8) is 0 Å². The predicted molar refractivity (Wildman–Crippen MR) is 79.3 cm³/mol. The largest absolute Gasteiger partial charge is 0.396 e. The van der Waals surface area contributed by atoms with Gasteiger partial charge in [-0.05, 0) is 18.6 Å². The summed E-state index contributed by atoms with van der Waals surface area (Å²) in [7, 11) is 0. The molecule has 126 valence electrons. The lowest BCUT2D eigenvalue weighted by atomic mass is 10.0. The molecule has 1 heterocycles. The van der Waals surface area contributed by atoms with E-state index in [4.69, 9.17) is 5.11 Å². The van der Waals surface area contributed by atoms with Gasteiger partial charge in [0.1, 0.15) is 11.6 Å². The number of aliphatic hydroxyl groups excluding tert-OH is 1. The van der Waals surface area contributed by atoms with Crippen LogP contribution in [0.2, 0.25) is 0 Å². The maximum absolute atomic E-state index is 13.9. The fourth-order valence-corrected chi connectivity index (χ4v) is 2.83. The lowest BCUT2D eigenvalue weighted by Gasteiger charge is -2.23. The monoisotopic (exact) mass is 326 g/mol. The van der Waals surface area contributed by atoms with Crippen molar-refractivity contribution >= 4 is 11.8 Å². The van der Waals surface area contributed by atoms with Crippen LogP contribution < -0.4 is 5.32 Å². The lowest BCUT2D eigenvalue weighted by molar-refractivity contribution is -0.131. The molecule has 1 aromatic rings. The van der Waals surface area contributed by atoms with Gasteiger partial charge in [-0.3, -0.25) is 9.59 Å². The van der Waals surface area contributed by atoms with E-state index < -0.39 is 23.6 Å². The minimum absolute atomic E-state index is 0.000839. The van der Waals surface area contributed by atoms with Gasteiger partial charge in [-0.1, -0.05) is 6.07 Å². The zero-order valence-electron chi connectivity index (χ0n) is 12.9. The highest BCUT2D eigenvalue weighted by atomic mass is 19.1. The number of rotatable bonds is 5. The van der Waals surface area contributed by atoms with E-state index >= 15 is 0 Å². The van der Waals surface area contributed by atoms with Gasteiger partial charge in [-0.2, -0.15) is 0 Å². The summed E-state index contributed by atoms with van der Waals surface area (Å²) < 4.78 is 27.9. The smallest absolute Gasteiger partial charge is 0.225 e. The number of nitrogens with zero attached hydrogens (tertiary/aromatic N) is 1. The Labute approximate surface area is 133 Å². The molecule has 2 amide bonds. The first-order valence-electron chi connectivity index (χ1n) is 7.52. The molecule has 7 heteroatoms. The van der Waals surface area contributed by atoms with Gasteiger partial charge < -0.3 is 15.3 Å². The van der Waals surface area contributed by atoms with Crippen molar-refractivity contribution in [3.05, 3.63) is 35.4 Å². The van der Waals surface area contributed by atoms with Crippen LogP contribution in [0.4, 0.5) is 8.78 Å². The van der Waals surface area contributed by atoms with Crippen LogP contribution in [0, 0.1) is 17.6 Å². The molecular formula is C16H20F2N2O3. The quantitative estimate of drug-likeness (QED) is 0.859. The molecule has 0 bridgehead atoms. The summed E-state index contributed by atoms with van der Waals surface area (Å²) in [4.78, 5) is 25.2. The van der Waals surface area contributed by atoms with Crippen LogP contribution in [0.25, 0.3) is 0 Å². The molecule has 5 nitrogen and oxygen atoms in total. The topological polar surface area (TPSA) is 69.6 Å². The van der Waals surface area contributed by atoms with Crippen LogP contribution in [-0.2, 0) is 9.59 Å². The molecule has 1 fully saturated rings. The van der Waals surface area contributed by atoms with Crippen molar-refractivity contribution in [3.8, 4) is 0 Å². The molecule has 2 unspecified atom stereocenters. The second-order valence-corrected chi connectivity index (χ2v) is 5.77. The molecule has 1 aliphatic heterocycles. The average Bonchev–Trinajstić information content (AvgIpc) is 2.95. The Balaban J connectivity index is 2.16. The summed E-state index contributed by atoms with van der Waals surface area (Å²) in [6, 6.07) is 2.35. The normalized spacial score (nSPS) is 18.8. The van der Waals surface area contributed by atoms with Crippen LogP contribution in [0.3, 0.4) is 0 Å². The van der Waals surface area contributed by atoms with Crippen LogP contribution in [0.1, 0.15) is 31.4 Å². The second kappa shape index (κ2) is 7.50. The molecule has 2 rings (SSSR count). The first-order valence-corrected chi connectivity index (χ1v) is 7.52. The van der Waals surface area contributed by atoms with Crippen molar-refractivity contribution in [2.75, 3.05) is 19.7 Å². The van der Waals surface area contributed by atoms with Gasteiger partial charge >= 0.3 is 0 Å². The van der Waals surface area contributed by atoms with Gasteiger partial charge in [0.15, 0.2) is 0 Å². The summed E-state index contributed by atoms with van der Waals surface area (Å²) >= 11 is 0. The van der Waals surface area contributed by atoms with Gasteiger partial charge in [-0.15, -0.1) is 0 Å². The van der Waals surface area contributed by atoms with E-state index in [1.54, 1.807) is 4.90 Å². The van der Waals surface area contributed by atoms with E-state index in [-0.39, 0.29) is 30.4 Å². The minimum Gasteiger partial charge on any atom is -0.396 e. The molecule has 0 spiro atoms. The summed E-state index contributed by atoms with van der Waals surface area (Å²) in [5.41, 5.74) is -0.311. The number of carbonyl (C=O) groups excluding carboxylic acids is 2. The summed E-state index contributed by atoms with van der Waals surface area (Å²) in [6.45, 7) is 2.15. The highest BCUT2D eigenvalue weighted by Crippen LogP contribution is 2.26. The Kier molecular flexibility index (Phi) is 5.65. The van der Waals surface area contributed by atoms with Crippen molar-refractivity contribution in [2.45, 2.75) is 25.8 Å². The lowest BCUT2D eigenvalue weighted by Crippen LogP contribution is -2.35. The van der Waals surface area contributed by atoms with E-state index in [1.165, 1.54) is 13.0 Å². The Morgan fingerprint density at radius 1 is 1.39 bits per heavy atom. The fraction of sp³-hybridized carbons (Fsp3) is 0.500. The number of nitrogens with one attached hydrogen (secondary N) is 1. The van der Waals surface area contributed by atoms with Crippen LogP contribution in [0.15, 0.2) is 18.2 Å². The third kappa shape index (κ3) is 4.25. The fourth-order valence-electron chi connectivity index (χ4n) is 2.83. The summed E-state index contributed by atoms with van der Waals surface area (Å²) in [5, 5.41) is 11.6. The van der Waals surface area contributed by atoms with E-state index in [0.29, 0.717) is 19.5 Å². The van der Waals surface area contributed by atoms with Gasteiger partial charge in [-0.25, -0.2) is 8.78 Å². The molecule has 1 saturated heterocycles. The van der Waals surface area contributed by atoms with Crippen LogP contribution >= 0.6 is 0 Å². The van der Waals surface area contributed by atoms with Crippen molar-refractivity contribution in [1.29, 1.82) is 0 Å².